The van der Waals surface area contributed by atoms with Gasteiger partial charge in [0.15, 0.2) is 12.4 Å². The van der Waals surface area contributed by atoms with Gasteiger partial charge in [0.25, 0.3) is 11.8 Å². The molecule has 5 aromatic rings. The first-order valence-electron chi connectivity index (χ1n) is 16.0. The molecule has 1 saturated heterocycles. The lowest BCUT2D eigenvalue weighted by molar-refractivity contribution is -0.118. The van der Waals surface area contributed by atoms with E-state index in [1.54, 1.807) is 7.11 Å². The molecule has 0 radical (unpaired) electrons. The third kappa shape index (κ3) is 4.21. The highest BCUT2D eigenvalue weighted by atomic mass is 16.5. The molecule has 11 nitrogen and oxygen atoms in total. The number of nitrogens with zero attached hydrogens (tertiary/aromatic N) is 5. The van der Waals surface area contributed by atoms with Gasteiger partial charge in [0, 0.05) is 48.7 Å². The van der Waals surface area contributed by atoms with E-state index in [2.05, 4.69) is 26.6 Å². The first-order valence-corrected chi connectivity index (χ1v) is 16.0. The van der Waals surface area contributed by atoms with Gasteiger partial charge in [0.05, 0.1) is 29.7 Å². The number of rotatable bonds is 6. The van der Waals surface area contributed by atoms with Crippen molar-refractivity contribution in [3.63, 3.8) is 0 Å². The van der Waals surface area contributed by atoms with Crippen LogP contribution in [0.5, 0.6) is 11.5 Å². The van der Waals surface area contributed by atoms with Crippen molar-refractivity contribution < 1.29 is 19.1 Å². The molecular weight excluding hydrogens is 582 g/mol. The number of piperidine rings is 1. The van der Waals surface area contributed by atoms with E-state index in [1.807, 2.05) is 48.3 Å². The third-order valence-corrected chi connectivity index (χ3v) is 10.3. The molecule has 2 bridgehead atoms. The number of ether oxygens (including phenoxy) is 2. The number of imidazole rings is 1. The van der Waals surface area contributed by atoms with Crippen molar-refractivity contribution in [3.8, 4) is 34.3 Å². The number of aryl methyl sites for hydroxylation is 1. The molecule has 3 N–H and O–H groups in total. The number of nitrogens with two attached hydrogens (primary N) is 1. The van der Waals surface area contributed by atoms with Gasteiger partial charge in [-0.3, -0.25) is 9.59 Å². The fourth-order valence-electron chi connectivity index (χ4n) is 7.73. The number of pyridine rings is 1. The van der Waals surface area contributed by atoms with Crippen LogP contribution in [0.2, 0.25) is 0 Å². The van der Waals surface area contributed by atoms with E-state index >= 15 is 0 Å². The molecule has 2 saturated carbocycles. The van der Waals surface area contributed by atoms with Crippen LogP contribution in [0.15, 0.2) is 48.5 Å². The van der Waals surface area contributed by atoms with Gasteiger partial charge in [-0.25, -0.2) is 9.97 Å². The van der Waals surface area contributed by atoms with Crippen molar-refractivity contribution in [1.29, 1.82) is 0 Å². The van der Waals surface area contributed by atoms with Crippen LogP contribution in [0.1, 0.15) is 36.0 Å². The Hall–Kier alpha value is -4.90. The maximum Gasteiger partial charge on any atom is 0.262 e. The molecule has 2 aromatic carbocycles. The summed E-state index contributed by atoms with van der Waals surface area (Å²) in [7, 11) is 3.63. The molecule has 3 aromatic heterocycles. The SMILES string of the molecule is COc1cc(C(=O)N2CC3CCC2[C@@H]3N)cc2nc(-c3cc4ccc(-c5ccc6c(c5)NC(=O)CO6)nc4n3CC3CC3)n(C)c12. The van der Waals surface area contributed by atoms with Crippen molar-refractivity contribution in [2.75, 3.05) is 25.6 Å². The summed E-state index contributed by atoms with van der Waals surface area (Å²) in [6, 6.07) is 15.9. The van der Waals surface area contributed by atoms with E-state index in [-0.39, 0.29) is 30.5 Å². The van der Waals surface area contributed by atoms with Crippen molar-refractivity contribution in [1.82, 2.24) is 24.0 Å². The Bertz CT molecular complexity index is 2090. The van der Waals surface area contributed by atoms with Gasteiger partial charge in [-0.15, -0.1) is 0 Å². The molecule has 9 rings (SSSR count). The number of carbonyl (C=O) groups excluding carboxylic acids is 2. The molecular formula is C35H35N7O4. The Labute approximate surface area is 265 Å². The summed E-state index contributed by atoms with van der Waals surface area (Å²) < 4.78 is 15.7. The van der Waals surface area contributed by atoms with Crippen molar-refractivity contribution in [2.24, 2.45) is 24.6 Å². The minimum atomic E-state index is -0.168. The number of methoxy groups -OCH3 is 1. The fraction of sp³-hybridized carbons (Fsp3) is 0.371. The van der Waals surface area contributed by atoms with Crippen LogP contribution in [-0.2, 0) is 18.4 Å². The zero-order chi connectivity index (χ0) is 31.3. The number of amides is 2. The number of benzene rings is 2. The van der Waals surface area contributed by atoms with Crippen LogP contribution in [-0.4, -0.2) is 68.2 Å². The monoisotopic (exact) mass is 617 g/mol. The Kier molecular flexibility index (Phi) is 5.99. The smallest absolute Gasteiger partial charge is 0.262 e. The number of carbonyl (C=O) groups is 2. The summed E-state index contributed by atoms with van der Waals surface area (Å²) in [6.45, 7) is 1.57. The van der Waals surface area contributed by atoms with E-state index < -0.39 is 0 Å². The molecule has 2 aliphatic heterocycles. The first kappa shape index (κ1) is 27.4. The van der Waals surface area contributed by atoms with E-state index in [0.29, 0.717) is 46.6 Å². The van der Waals surface area contributed by atoms with Crippen LogP contribution in [0.3, 0.4) is 0 Å². The molecule has 4 aliphatic rings. The normalized spacial score (nSPS) is 21.9. The van der Waals surface area contributed by atoms with Gasteiger partial charge in [-0.2, -0.15) is 0 Å². The molecule has 5 heterocycles. The molecule has 2 amide bonds. The Balaban J connectivity index is 1.14. The lowest BCUT2D eigenvalue weighted by atomic mass is 10.1. The number of anilines is 1. The molecule has 3 fully saturated rings. The summed E-state index contributed by atoms with van der Waals surface area (Å²) in [5.74, 6) is 2.85. The number of fused-ring (bicyclic) bond motifs is 5. The summed E-state index contributed by atoms with van der Waals surface area (Å²) >= 11 is 0. The molecule has 11 heteroatoms. The van der Waals surface area contributed by atoms with Crippen LogP contribution < -0.4 is 20.5 Å². The zero-order valence-corrected chi connectivity index (χ0v) is 25.8. The van der Waals surface area contributed by atoms with Gasteiger partial charge in [-0.05, 0) is 86.1 Å². The molecule has 0 spiro atoms. The van der Waals surface area contributed by atoms with Gasteiger partial charge >= 0.3 is 0 Å². The number of hydrogen-bond donors (Lipinski definition) is 2. The second-order valence-electron chi connectivity index (χ2n) is 13.2. The van der Waals surface area contributed by atoms with Crippen LogP contribution >= 0.6 is 0 Å². The highest BCUT2D eigenvalue weighted by Gasteiger charge is 2.47. The summed E-state index contributed by atoms with van der Waals surface area (Å²) in [5.41, 5.74) is 12.7. The second kappa shape index (κ2) is 10.1. The lowest BCUT2D eigenvalue weighted by Gasteiger charge is -2.27. The molecule has 2 unspecified atom stereocenters. The molecule has 234 valence electrons. The van der Waals surface area contributed by atoms with Crippen molar-refractivity contribution in [2.45, 2.75) is 44.3 Å². The Morgan fingerprint density at radius 1 is 1.09 bits per heavy atom. The highest BCUT2D eigenvalue weighted by molar-refractivity contribution is 6.01. The Morgan fingerprint density at radius 2 is 1.96 bits per heavy atom. The van der Waals surface area contributed by atoms with E-state index in [9.17, 15) is 9.59 Å². The highest BCUT2D eigenvalue weighted by Crippen LogP contribution is 2.41. The zero-order valence-electron chi connectivity index (χ0n) is 25.8. The molecule has 2 aliphatic carbocycles. The molecule has 46 heavy (non-hydrogen) atoms. The number of aromatic nitrogens is 4. The minimum absolute atomic E-state index is 0.0112. The second-order valence-corrected chi connectivity index (χ2v) is 13.2. The summed E-state index contributed by atoms with van der Waals surface area (Å²) in [6.07, 6.45) is 4.43. The number of hydrogen-bond acceptors (Lipinski definition) is 7. The van der Waals surface area contributed by atoms with Gasteiger partial charge in [-0.1, -0.05) is 0 Å². The average molecular weight is 618 g/mol. The Morgan fingerprint density at radius 3 is 2.72 bits per heavy atom. The predicted molar refractivity (Wildman–Crippen MR) is 174 cm³/mol. The van der Waals surface area contributed by atoms with Gasteiger partial charge < -0.3 is 34.6 Å². The van der Waals surface area contributed by atoms with Crippen molar-refractivity contribution >= 4 is 39.6 Å². The number of likely N-dealkylation sites (tertiary alicyclic amines) is 1. The average Bonchev–Trinajstić information content (AvgIpc) is 3.47. The van der Waals surface area contributed by atoms with Crippen LogP contribution in [0.25, 0.3) is 44.8 Å². The largest absolute Gasteiger partial charge is 0.494 e. The third-order valence-electron chi connectivity index (χ3n) is 10.3. The maximum atomic E-state index is 13.7. The summed E-state index contributed by atoms with van der Waals surface area (Å²) in [4.78, 5) is 37.9. The first-order chi connectivity index (χ1) is 22.4. The van der Waals surface area contributed by atoms with Crippen LogP contribution in [0.4, 0.5) is 5.69 Å². The minimum Gasteiger partial charge on any atom is -0.494 e. The summed E-state index contributed by atoms with van der Waals surface area (Å²) in [5, 5.41) is 3.91. The van der Waals surface area contributed by atoms with Gasteiger partial charge in [0.1, 0.15) is 22.7 Å². The lowest BCUT2D eigenvalue weighted by Crippen LogP contribution is -2.41. The van der Waals surface area contributed by atoms with E-state index in [4.69, 9.17) is 25.2 Å². The quantitative estimate of drug-likeness (QED) is 0.286. The van der Waals surface area contributed by atoms with Crippen molar-refractivity contribution in [3.05, 3.63) is 54.1 Å². The number of nitrogens with one attached hydrogen (secondary N) is 1. The maximum absolute atomic E-state index is 13.7. The standard InChI is InChI=1S/C35H35N7O4/c1-40-32-25(12-22(14-29(32)45-2)35(44)42-16-21-6-9-26(42)31(21)36)39-34(40)27-13-20-5-8-23(38-33(20)41(27)15-18-3-4-18)19-7-10-28-24(11-19)37-30(43)17-46-28/h5,7-8,10-14,18,21,26,31H,3-4,6,9,15-17,36H2,1-2H3,(H,37,43)/t21?,26?,31-/m1/s1. The van der Waals surface area contributed by atoms with E-state index in [1.165, 1.54) is 12.8 Å². The van der Waals surface area contributed by atoms with E-state index in [0.717, 1.165) is 58.7 Å². The van der Waals surface area contributed by atoms with Gasteiger partial charge in [0.2, 0.25) is 0 Å². The topological polar surface area (TPSA) is 130 Å². The van der Waals surface area contributed by atoms with Crippen LogP contribution in [0, 0.1) is 11.8 Å². The predicted octanol–water partition coefficient (Wildman–Crippen LogP) is 4.57. The molecule has 3 atom stereocenters. The fourth-order valence-corrected chi connectivity index (χ4v) is 7.73.